The van der Waals surface area contributed by atoms with Gasteiger partial charge in [-0.1, -0.05) is 59.8 Å². The summed E-state index contributed by atoms with van der Waals surface area (Å²) in [4.78, 5) is 29.5. The molecule has 1 heterocycles. The van der Waals surface area contributed by atoms with Crippen molar-refractivity contribution in [2.45, 2.75) is 31.6 Å². The fraction of sp³-hybridized carbons (Fsp3) is 0.241. The van der Waals surface area contributed by atoms with E-state index < -0.39 is 6.29 Å². The molecule has 0 radical (unpaired) electrons. The zero-order chi connectivity index (χ0) is 26.2. The van der Waals surface area contributed by atoms with Gasteiger partial charge in [0.25, 0.3) is 11.8 Å². The predicted octanol–water partition coefficient (Wildman–Crippen LogP) is 6.15. The van der Waals surface area contributed by atoms with Crippen LogP contribution in [0.25, 0.3) is 6.08 Å². The minimum Gasteiger partial charge on any atom is -0.351 e. The molecule has 0 saturated heterocycles. The van der Waals surface area contributed by atoms with Crippen molar-refractivity contribution in [1.29, 1.82) is 0 Å². The van der Waals surface area contributed by atoms with Gasteiger partial charge in [0.05, 0.1) is 23.7 Å². The summed E-state index contributed by atoms with van der Waals surface area (Å²) in [6, 6.07) is 22.5. The van der Waals surface area contributed by atoms with Crippen LogP contribution in [-0.4, -0.2) is 37.9 Å². The number of ether oxygens (including phenoxy) is 2. The molecule has 3 aromatic rings. The lowest BCUT2D eigenvalue weighted by atomic mass is 10.1. The summed E-state index contributed by atoms with van der Waals surface area (Å²) in [5, 5.41) is 3.48. The molecule has 1 N–H and O–H groups in total. The highest BCUT2D eigenvalue weighted by Gasteiger charge is 2.29. The second-order valence-electron chi connectivity index (χ2n) is 8.27. The van der Waals surface area contributed by atoms with Gasteiger partial charge < -0.3 is 19.7 Å². The van der Waals surface area contributed by atoms with Crippen LogP contribution in [0.5, 0.6) is 0 Å². The third-order valence-corrected chi connectivity index (χ3v) is 6.98. The van der Waals surface area contributed by atoms with Crippen molar-refractivity contribution in [1.82, 2.24) is 5.32 Å². The summed E-state index contributed by atoms with van der Waals surface area (Å²) < 4.78 is 10.9. The summed E-state index contributed by atoms with van der Waals surface area (Å²) in [7, 11) is 0. The summed E-state index contributed by atoms with van der Waals surface area (Å²) in [5.41, 5.74) is 3.17. The van der Waals surface area contributed by atoms with Gasteiger partial charge in [-0.2, -0.15) is 0 Å². The van der Waals surface area contributed by atoms with Gasteiger partial charge in [0.1, 0.15) is 0 Å². The van der Waals surface area contributed by atoms with Gasteiger partial charge in [0.2, 0.25) is 0 Å². The molecule has 0 spiro atoms. The first-order chi connectivity index (χ1) is 18.0. The van der Waals surface area contributed by atoms with Gasteiger partial charge in [0, 0.05) is 28.7 Å². The SMILES string of the molecule is CCOC(CNC(=O)c1ccc(/C=C2/Sc3ccccc3N(Cc3cccc(Cl)c3)C2=O)cc1)OCC. The number of carbonyl (C=O) groups excluding carboxylic acids is 2. The molecule has 0 fully saturated rings. The molecule has 0 atom stereocenters. The van der Waals surface area contributed by atoms with Crippen LogP contribution in [-0.2, 0) is 20.8 Å². The van der Waals surface area contributed by atoms with E-state index in [1.807, 2.05) is 80.6 Å². The smallest absolute Gasteiger partial charge is 0.265 e. The normalized spacial score (nSPS) is 14.2. The summed E-state index contributed by atoms with van der Waals surface area (Å²) in [6.07, 6.45) is 1.38. The largest absolute Gasteiger partial charge is 0.351 e. The summed E-state index contributed by atoms with van der Waals surface area (Å²) in [6.45, 7) is 5.44. The molecule has 0 aromatic heterocycles. The monoisotopic (exact) mass is 536 g/mol. The van der Waals surface area contributed by atoms with Crippen LogP contribution in [0.3, 0.4) is 0 Å². The number of benzene rings is 3. The molecule has 0 unspecified atom stereocenters. The molecular formula is C29H29ClN2O4S. The fourth-order valence-electron chi connectivity index (χ4n) is 3.93. The number of nitrogens with one attached hydrogen (secondary N) is 1. The number of hydrogen-bond acceptors (Lipinski definition) is 5. The van der Waals surface area contributed by atoms with E-state index in [4.69, 9.17) is 21.1 Å². The third kappa shape index (κ3) is 7.02. The van der Waals surface area contributed by atoms with E-state index in [0.717, 1.165) is 21.7 Å². The predicted molar refractivity (Wildman–Crippen MR) is 149 cm³/mol. The van der Waals surface area contributed by atoms with Crippen molar-refractivity contribution in [3.8, 4) is 0 Å². The van der Waals surface area contributed by atoms with Crippen molar-refractivity contribution >= 4 is 46.9 Å². The highest BCUT2D eigenvalue weighted by molar-refractivity contribution is 8.04. The van der Waals surface area contributed by atoms with Crippen LogP contribution in [0.2, 0.25) is 5.02 Å². The van der Waals surface area contributed by atoms with Crippen LogP contribution in [0.15, 0.2) is 82.6 Å². The summed E-state index contributed by atoms with van der Waals surface area (Å²) >= 11 is 7.62. The molecule has 8 heteroatoms. The third-order valence-electron chi connectivity index (χ3n) is 5.67. The number of para-hydroxylation sites is 1. The van der Waals surface area contributed by atoms with Crippen LogP contribution >= 0.6 is 23.4 Å². The van der Waals surface area contributed by atoms with Gasteiger partial charge in [-0.15, -0.1) is 0 Å². The second-order valence-corrected chi connectivity index (χ2v) is 9.79. The Kier molecular flexibility index (Phi) is 9.41. The number of amides is 2. The van der Waals surface area contributed by atoms with Crippen molar-refractivity contribution in [2.24, 2.45) is 0 Å². The lowest BCUT2D eigenvalue weighted by Gasteiger charge is -2.30. The maximum absolute atomic E-state index is 13.5. The van der Waals surface area contributed by atoms with Gasteiger partial charge in [-0.3, -0.25) is 9.59 Å². The Morgan fingerprint density at radius 2 is 1.76 bits per heavy atom. The van der Waals surface area contributed by atoms with Crippen molar-refractivity contribution in [3.05, 3.63) is 99.4 Å². The van der Waals surface area contributed by atoms with Crippen LogP contribution in [0.1, 0.15) is 35.3 Å². The highest BCUT2D eigenvalue weighted by atomic mass is 35.5. The standard InChI is InChI=1S/C29H29ClN2O4S/c1-3-35-27(36-4-2)18-31-28(33)22-14-12-20(13-15-22)17-26-29(34)32(19-21-8-7-9-23(30)16-21)24-10-5-6-11-25(24)37-26/h5-17,27H,3-4,18-19H2,1-2H3,(H,31,33)/b26-17+. The Balaban J connectivity index is 1.50. The topological polar surface area (TPSA) is 67.9 Å². The number of nitrogens with zero attached hydrogens (tertiary/aromatic N) is 1. The van der Waals surface area contributed by atoms with E-state index in [1.54, 1.807) is 17.0 Å². The molecule has 3 aromatic carbocycles. The zero-order valence-corrected chi connectivity index (χ0v) is 22.4. The number of fused-ring (bicyclic) bond motifs is 1. The lowest BCUT2D eigenvalue weighted by Crippen LogP contribution is -2.35. The van der Waals surface area contributed by atoms with E-state index in [2.05, 4.69) is 5.32 Å². The number of hydrogen-bond donors (Lipinski definition) is 1. The van der Waals surface area contributed by atoms with Crippen LogP contribution < -0.4 is 10.2 Å². The number of carbonyl (C=O) groups is 2. The molecular weight excluding hydrogens is 508 g/mol. The van der Waals surface area contributed by atoms with Crippen molar-refractivity contribution < 1.29 is 19.1 Å². The Morgan fingerprint density at radius 1 is 1.03 bits per heavy atom. The molecule has 4 rings (SSSR count). The molecule has 0 bridgehead atoms. The molecule has 192 valence electrons. The van der Waals surface area contributed by atoms with Gasteiger partial charge >= 0.3 is 0 Å². The van der Waals surface area contributed by atoms with Gasteiger partial charge in [-0.25, -0.2) is 0 Å². The molecule has 6 nitrogen and oxygen atoms in total. The Labute approximate surface area is 226 Å². The minimum atomic E-state index is -0.477. The van der Waals surface area contributed by atoms with E-state index >= 15 is 0 Å². The first kappa shape index (κ1) is 26.9. The van der Waals surface area contributed by atoms with Crippen molar-refractivity contribution in [3.63, 3.8) is 0 Å². The number of halogens is 1. The quantitative estimate of drug-likeness (QED) is 0.249. The Bertz CT molecular complexity index is 1270. The average Bonchev–Trinajstić information content (AvgIpc) is 2.90. The molecule has 2 amide bonds. The average molecular weight is 537 g/mol. The molecule has 1 aliphatic rings. The molecule has 37 heavy (non-hydrogen) atoms. The van der Waals surface area contributed by atoms with Crippen LogP contribution in [0.4, 0.5) is 5.69 Å². The second kappa shape index (κ2) is 12.9. The maximum Gasteiger partial charge on any atom is 0.265 e. The van der Waals surface area contributed by atoms with Gasteiger partial charge in [0.15, 0.2) is 6.29 Å². The lowest BCUT2D eigenvalue weighted by molar-refractivity contribution is -0.131. The van der Waals surface area contributed by atoms with Crippen LogP contribution in [0, 0.1) is 0 Å². The number of anilines is 1. The fourth-order valence-corrected chi connectivity index (χ4v) is 5.21. The Hall–Kier alpha value is -3.10. The van der Waals surface area contributed by atoms with Gasteiger partial charge in [-0.05, 0) is 67.4 Å². The molecule has 0 saturated carbocycles. The highest BCUT2D eigenvalue weighted by Crippen LogP contribution is 2.42. The minimum absolute atomic E-state index is 0.0802. The molecule has 0 aliphatic carbocycles. The van der Waals surface area contributed by atoms with E-state index in [1.165, 1.54) is 11.8 Å². The first-order valence-corrected chi connectivity index (χ1v) is 13.3. The maximum atomic E-state index is 13.5. The van der Waals surface area contributed by atoms with E-state index in [9.17, 15) is 9.59 Å². The zero-order valence-electron chi connectivity index (χ0n) is 20.8. The summed E-state index contributed by atoms with van der Waals surface area (Å²) in [5.74, 6) is -0.295. The number of thioether (sulfide) groups is 1. The Morgan fingerprint density at radius 3 is 2.46 bits per heavy atom. The van der Waals surface area contributed by atoms with E-state index in [-0.39, 0.29) is 18.4 Å². The van der Waals surface area contributed by atoms with E-state index in [0.29, 0.717) is 35.2 Å². The number of rotatable bonds is 10. The first-order valence-electron chi connectivity index (χ1n) is 12.1. The molecule has 1 aliphatic heterocycles. The van der Waals surface area contributed by atoms with Crippen molar-refractivity contribution in [2.75, 3.05) is 24.7 Å².